The van der Waals surface area contributed by atoms with Gasteiger partial charge in [-0.15, -0.1) is 0 Å². The average molecular weight is 487 g/mol. The van der Waals surface area contributed by atoms with Crippen molar-refractivity contribution < 1.29 is 9.90 Å². The number of fused-ring (bicyclic) bond motifs is 1. The highest BCUT2D eigenvalue weighted by Gasteiger charge is 2.59. The van der Waals surface area contributed by atoms with Gasteiger partial charge in [0.2, 0.25) is 0 Å². The quantitative estimate of drug-likeness (QED) is 0.549. The first-order chi connectivity index (χ1) is 15.7. The number of benzene rings is 1. The molecule has 6 fully saturated rings. The summed E-state index contributed by atoms with van der Waals surface area (Å²) < 4.78 is 0. The van der Waals surface area contributed by atoms with Gasteiger partial charge in [-0.3, -0.25) is 9.69 Å². The molecule has 6 heteroatoms. The maximum Gasteiger partial charge on any atom is 0.309 e. The van der Waals surface area contributed by atoms with Crippen molar-refractivity contribution in [2.75, 3.05) is 13.1 Å². The summed E-state index contributed by atoms with van der Waals surface area (Å²) in [6.45, 7) is 6.76. The summed E-state index contributed by atoms with van der Waals surface area (Å²) in [6, 6.07) is 8.76. The number of nitrogens with one attached hydrogen (secondary N) is 1. The summed E-state index contributed by atoms with van der Waals surface area (Å²) in [7, 11) is 0. The van der Waals surface area contributed by atoms with Gasteiger partial charge in [0.25, 0.3) is 0 Å². The second-order valence-corrected chi connectivity index (χ2v) is 13.2. The number of hydrogen-bond donors (Lipinski definition) is 2. The fourth-order valence-corrected chi connectivity index (χ4v) is 8.84. The van der Waals surface area contributed by atoms with Gasteiger partial charge in [-0.05, 0) is 106 Å². The number of thiocarbonyl (C=S) groups is 1. The Morgan fingerprint density at radius 3 is 2.39 bits per heavy atom. The maximum atomic E-state index is 12.1. The molecule has 5 atom stereocenters. The monoisotopic (exact) mass is 486 g/mol. The molecule has 5 saturated carbocycles. The SMILES string of the molecule is CC(C)(C(=S)NC1C2CC3CC1CC(C(=O)O)(C3)C2)N1CC2CC(c3ccc(Cl)cc3)C2C1. The number of hydrogen-bond acceptors (Lipinski definition) is 3. The molecule has 33 heavy (non-hydrogen) atoms. The van der Waals surface area contributed by atoms with E-state index in [-0.39, 0.29) is 5.54 Å². The molecule has 4 bridgehead atoms. The van der Waals surface area contributed by atoms with E-state index in [1.807, 2.05) is 12.1 Å². The van der Waals surface area contributed by atoms with Gasteiger partial charge >= 0.3 is 5.97 Å². The Labute approximate surface area is 207 Å². The molecular formula is C27H35ClN2O2S. The lowest BCUT2D eigenvalue weighted by Crippen LogP contribution is -2.64. The van der Waals surface area contributed by atoms with Crippen molar-refractivity contribution in [2.45, 2.75) is 69.9 Å². The topological polar surface area (TPSA) is 52.6 Å². The van der Waals surface area contributed by atoms with Gasteiger partial charge in [0.1, 0.15) is 0 Å². The van der Waals surface area contributed by atoms with E-state index in [4.69, 9.17) is 23.8 Å². The highest BCUT2D eigenvalue weighted by Crippen LogP contribution is 2.60. The first kappa shape index (κ1) is 22.3. The van der Waals surface area contributed by atoms with E-state index in [0.717, 1.165) is 48.3 Å². The molecule has 1 aliphatic heterocycles. The molecule has 5 unspecified atom stereocenters. The first-order valence-electron chi connectivity index (χ1n) is 12.7. The molecule has 1 aromatic carbocycles. The van der Waals surface area contributed by atoms with E-state index in [9.17, 15) is 9.90 Å². The van der Waals surface area contributed by atoms with Gasteiger partial charge in [0.05, 0.1) is 15.9 Å². The summed E-state index contributed by atoms with van der Waals surface area (Å²) in [5.41, 5.74) is 0.773. The predicted octanol–water partition coefficient (Wildman–Crippen LogP) is 5.35. The van der Waals surface area contributed by atoms with Crippen molar-refractivity contribution in [2.24, 2.45) is 35.0 Å². The second kappa shape index (κ2) is 7.66. The van der Waals surface area contributed by atoms with Crippen LogP contribution in [0.4, 0.5) is 0 Å². The summed E-state index contributed by atoms with van der Waals surface area (Å²) in [5.74, 6) is 3.01. The molecule has 178 valence electrons. The van der Waals surface area contributed by atoms with Crippen molar-refractivity contribution >= 4 is 34.8 Å². The highest BCUT2D eigenvalue weighted by molar-refractivity contribution is 7.80. The lowest BCUT2D eigenvalue weighted by molar-refractivity contribution is -0.166. The minimum atomic E-state index is -0.564. The van der Waals surface area contributed by atoms with Gasteiger partial charge in [0.15, 0.2) is 0 Å². The highest BCUT2D eigenvalue weighted by atomic mass is 35.5. The molecule has 2 N–H and O–H groups in total. The third kappa shape index (κ3) is 3.48. The number of carboxylic acids is 1. The standard InChI is InChI=1S/C27H35ClN2O2S/c1-26(2,30-13-19-9-21(22(19)14-30)16-3-5-20(28)6-4-16)24(33)29-23-17-7-15-8-18(23)12-27(10-15,11-17)25(31)32/h3-6,15,17-19,21-23H,7-14H2,1-2H3,(H,29,33)(H,31,32). The zero-order chi connectivity index (χ0) is 23.1. The van der Waals surface area contributed by atoms with Crippen molar-refractivity contribution in [3.05, 3.63) is 34.9 Å². The van der Waals surface area contributed by atoms with Gasteiger partial charge in [-0.2, -0.15) is 0 Å². The average Bonchev–Trinajstić information content (AvgIpc) is 3.08. The number of halogens is 1. The number of rotatable bonds is 5. The zero-order valence-electron chi connectivity index (χ0n) is 19.6. The van der Waals surface area contributed by atoms with Crippen molar-refractivity contribution in [1.29, 1.82) is 0 Å². The number of carbonyl (C=O) groups is 1. The van der Waals surface area contributed by atoms with E-state index < -0.39 is 11.4 Å². The molecule has 0 radical (unpaired) electrons. The molecule has 5 aliphatic carbocycles. The van der Waals surface area contributed by atoms with Crippen LogP contribution in [0.15, 0.2) is 24.3 Å². The Morgan fingerprint density at radius 2 is 1.76 bits per heavy atom. The molecular weight excluding hydrogens is 452 g/mol. The second-order valence-electron chi connectivity index (χ2n) is 12.3. The Morgan fingerprint density at radius 1 is 1.09 bits per heavy atom. The van der Waals surface area contributed by atoms with Crippen LogP contribution in [0.25, 0.3) is 0 Å². The van der Waals surface area contributed by atoms with Gasteiger partial charge in [-0.25, -0.2) is 0 Å². The third-order valence-electron chi connectivity index (χ3n) is 10.2. The maximum absolute atomic E-state index is 12.1. The van der Waals surface area contributed by atoms with Crippen LogP contribution in [0.3, 0.4) is 0 Å². The molecule has 1 aromatic rings. The van der Waals surface area contributed by atoms with Crippen LogP contribution in [0.2, 0.25) is 5.02 Å². The van der Waals surface area contributed by atoms with E-state index in [1.165, 1.54) is 24.8 Å². The van der Waals surface area contributed by atoms with Crippen LogP contribution in [-0.4, -0.2) is 45.6 Å². The smallest absolute Gasteiger partial charge is 0.309 e. The predicted molar refractivity (Wildman–Crippen MR) is 135 cm³/mol. The van der Waals surface area contributed by atoms with Crippen LogP contribution >= 0.6 is 23.8 Å². The first-order valence-corrected chi connectivity index (χ1v) is 13.5. The van der Waals surface area contributed by atoms with E-state index in [2.05, 4.69) is 36.2 Å². The Balaban J connectivity index is 1.12. The van der Waals surface area contributed by atoms with Gasteiger partial charge in [0, 0.05) is 24.2 Å². The summed E-state index contributed by atoms with van der Waals surface area (Å²) in [5, 5.41) is 14.6. The normalized spacial score (nSPS) is 41.5. The Bertz CT molecular complexity index is 963. The molecule has 0 spiro atoms. The number of carboxylic acid groups (broad SMARTS) is 1. The van der Waals surface area contributed by atoms with Crippen LogP contribution in [0.1, 0.15) is 63.9 Å². The fraction of sp³-hybridized carbons (Fsp3) is 0.704. The molecule has 1 heterocycles. The zero-order valence-corrected chi connectivity index (χ0v) is 21.2. The lowest BCUT2D eigenvalue weighted by Gasteiger charge is -2.59. The fourth-order valence-electron chi connectivity index (χ4n) is 8.45. The van der Waals surface area contributed by atoms with Crippen LogP contribution in [0, 0.1) is 35.0 Å². The van der Waals surface area contributed by atoms with Crippen LogP contribution in [0.5, 0.6) is 0 Å². The summed E-state index contributed by atoms with van der Waals surface area (Å²) in [4.78, 5) is 15.6. The van der Waals surface area contributed by atoms with E-state index in [0.29, 0.717) is 35.6 Å². The molecule has 4 nitrogen and oxygen atoms in total. The van der Waals surface area contributed by atoms with Crippen molar-refractivity contribution in [3.63, 3.8) is 0 Å². The van der Waals surface area contributed by atoms with Crippen molar-refractivity contribution in [3.8, 4) is 0 Å². The molecule has 0 aromatic heterocycles. The Hall–Kier alpha value is -1.17. The number of aliphatic carboxylic acids is 1. The minimum absolute atomic E-state index is 0.184. The largest absolute Gasteiger partial charge is 0.481 e. The van der Waals surface area contributed by atoms with Crippen LogP contribution < -0.4 is 5.32 Å². The lowest BCUT2D eigenvalue weighted by atomic mass is 9.48. The molecule has 7 rings (SSSR count). The van der Waals surface area contributed by atoms with E-state index in [1.54, 1.807) is 0 Å². The molecule has 6 aliphatic rings. The molecule has 1 saturated heterocycles. The van der Waals surface area contributed by atoms with Gasteiger partial charge < -0.3 is 10.4 Å². The third-order valence-corrected chi connectivity index (χ3v) is 11.1. The van der Waals surface area contributed by atoms with Gasteiger partial charge in [-0.1, -0.05) is 36.0 Å². The number of nitrogens with zero attached hydrogens (tertiary/aromatic N) is 1. The molecule has 0 amide bonds. The summed E-state index contributed by atoms with van der Waals surface area (Å²) >= 11 is 12.2. The Kier molecular flexibility index (Phi) is 5.18. The van der Waals surface area contributed by atoms with Crippen molar-refractivity contribution in [1.82, 2.24) is 10.2 Å². The minimum Gasteiger partial charge on any atom is -0.481 e. The van der Waals surface area contributed by atoms with E-state index >= 15 is 0 Å². The summed E-state index contributed by atoms with van der Waals surface area (Å²) in [6.07, 6.45) is 6.14. The number of likely N-dealkylation sites (tertiary alicyclic amines) is 1. The van der Waals surface area contributed by atoms with Crippen LogP contribution in [-0.2, 0) is 4.79 Å².